The SMILES string of the molecule is CCC(C)C1C(=O)Nc2ccccc2CN1c1c(N2CCOCC2)c(=O)c1=O. The lowest BCUT2D eigenvalue weighted by Crippen LogP contribution is -2.54. The van der Waals surface area contributed by atoms with Crippen LogP contribution in [0.15, 0.2) is 33.9 Å². The van der Waals surface area contributed by atoms with E-state index in [1.54, 1.807) is 0 Å². The third-order valence-corrected chi connectivity index (χ3v) is 5.88. The molecule has 0 spiro atoms. The van der Waals surface area contributed by atoms with E-state index in [9.17, 15) is 14.4 Å². The zero-order valence-corrected chi connectivity index (χ0v) is 16.2. The second-order valence-corrected chi connectivity index (χ2v) is 7.56. The van der Waals surface area contributed by atoms with Crippen molar-refractivity contribution in [2.45, 2.75) is 32.9 Å². The van der Waals surface area contributed by atoms with Crippen LogP contribution in [0.4, 0.5) is 17.1 Å². The van der Waals surface area contributed by atoms with Gasteiger partial charge in [-0.15, -0.1) is 0 Å². The molecular formula is C21H25N3O4. The Morgan fingerprint density at radius 3 is 2.50 bits per heavy atom. The van der Waals surface area contributed by atoms with Gasteiger partial charge >= 0.3 is 0 Å². The molecule has 4 rings (SSSR count). The predicted molar refractivity (Wildman–Crippen MR) is 109 cm³/mol. The number of hydrogen-bond acceptors (Lipinski definition) is 6. The summed E-state index contributed by atoms with van der Waals surface area (Å²) >= 11 is 0. The molecule has 1 fully saturated rings. The van der Waals surface area contributed by atoms with Crippen molar-refractivity contribution in [3.05, 3.63) is 50.3 Å². The van der Waals surface area contributed by atoms with Crippen molar-refractivity contribution in [3.8, 4) is 0 Å². The Kier molecular flexibility index (Phi) is 4.93. The topological polar surface area (TPSA) is 79.0 Å². The molecule has 0 aromatic heterocycles. The average Bonchev–Trinajstić information content (AvgIpc) is 2.86. The summed E-state index contributed by atoms with van der Waals surface area (Å²) in [5, 5.41) is 3.01. The van der Waals surface area contributed by atoms with E-state index >= 15 is 0 Å². The lowest BCUT2D eigenvalue weighted by molar-refractivity contribution is -0.118. The zero-order valence-electron chi connectivity index (χ0n) is 16.2. The molecule has 2 aromatic rings. The van der Waals surface area contributed by atoms with E-state index in [-0.39, 0.29) is 11.8 Å². The zero-order chi connectivity index (χ0) is 19.8. The lowest BCUT2D eigenvalue weighted by atomic mass is 9.95. The van der Waals surface area contributed by atoms with Gasteiger partial charge in [0.1, 0.15) is 17.4 Å². The van der Waals surface area contributed by atoms with Crippen LogP contribution in [0.3, 0.4) is 0 Å². The van der Waals surface area contributed by atoms with Crippen LogP contribution in [-0.2, 0) is 16.1 Å². The lowest BCUT2D eigenvalue weighted by Gasteiger charge is -2.38. The number of amides is 1. The first-order chi connectivity index (χ1) is 13.5. The molecule has 7 heteroatoms. The molecule has 1 saturated heterocycles. The monoisotopic (exact) mass is 383 g/mol. The minimum absolute atomic E-state index is 0.0243. The van der Waals surface area contributed by atoms with Crippen LogP contribution in [0.2, 0.25) is 0 Å². The fourth-order valence-electron chi connectivity index (χ4n) is 4.13. The number of hydrogen-bond donors (Lipinski definition) is 1. The highest BCUT2D eigenvalue weighted by atomic mass is 16.5. The summed E-state index contributed by atoms with van der Waals surface area (Å²) in [5.41, 5.74) is 1.55. The molecule has 2 unspecified atom stereocenters. The van der Waals surface area contributed by atoms with Crippen molar-refractivity contribution >= 4 is 23.0 Å². The Labute approximate surface area is 163 Å². The van der Waals surface area contributed by atoms with Crippen LogP contribution in [0, 0.1) is 5.92 Å². The van der Waals surface area contributed by atoms with Crippen molar-refractivity contribution in [3.63, 3.8) is 0 Å². The number of carbonyl (C=O) groups is 1. The maximum atomic E-state index is 13.1. The first-order valence-electron chi connectivity index (χ1n) is 9.84. The molecule has 1 N–H and O–H groups in total. The summed E-state index contributed by atoms with van der Waals surface area (Å²) in [5.74, 6) is -0.114. The van der Waals surface area contributed by atoms with E-state index in [2.05, 4.69) is 5.32 Å². The second-order valence-electron chi connectivity index (χ2n) is 7.56. The minimum atomic E-state index is -0.513. The van der Waals surface area contributed by atoms with Gasteiger partial charge in [0.25, 0.3) is 10.9 Å². The van der Waals surface area contributed by atoms with E-state index in [0.29, 0.717) is 44.2 Å². The number of nitrogens with zero attached hydrogens (tertiary/aromatic N) is 2. The summed E-state index contributed by atoms with van der Waals surface area (Å²) in [6.45, 7) is 6.64. The largest absolute Gasteiger partial charge is 0.378 e. The number of fused-ring (bicyclic) bond motifs is 1. The molecule has 2 atom stereocenters. The average molecular weight is 383 g/mol. The molecule has 2 aromatic carbocycles. The van der Waals surface area contributed by atoms with Crippen LogP contribution in [0.5, 0.6) is 0 Å². The highest BCUT2D eigenvalue weighted by Gasteiger charge is 2.40. The van der Waals surface area contributed by atoms with Gasteiger partial charge in [0.2, 0.25) is 5.91 Å². The first-order valence-corrected chi connectivity index (χ1v) is 9.84. The van der Waals surface area contributed by atoms with Gasteiger partial charge in [-0.3, -0.25) is 14.4 Å². The van der Waals surface area contributed by atoms with E-state index in [1.165, 1.54) is 0 Å². The molecule has 28 heavy (non-hydrogen) atoms. The number of carbonyl (C=O) groups excluding carboxylic acids is 1. The number of nitrogens with one attached hydrogen (secondary N) is 1. The standard InChI is InChI=1S/C21H25N3O4/c1-3-13(2)16-21(27)22-15-7-5-4-6-14(15)12-24(16)18-17(19(25)20(18)26)23-8-10-28-11-9-23/h4-7,13,16H,3,8-12H2,1-2H3,(H,22,27). The summed E-state index contributed by atoms with van der Waals surface area (Å²) in [7, 11) is 0. The van der Waals surface area contributed by atoms with Crippen LogP contribution >= 0.6 is 0 Å². The molecule has 2 heterocycles. The Hall–Kier alpha value is -2.67. The van der Waals surface area contributed by atoms with Crippen LogP contribution < -0.4 is 26.0 Å². The van der Waals surface area contributed by atoms with Gasteiger partial charge in [0.05, 0.1) is 13.2 Å². The molecule has 0 aliphatic carbocycles. The smallest absolute Gasteiger partial charge is 0.253 e. The number of ether oxygens (including phenoxy) is 1. The number of benzene rings is 1. The first kappa shape index (κ1) is 18.7. The Morgan fingerprint density at radius 1 is 1.11 bits per heavy atom. The van der Waals surface area contributed by atoms with Gasteiger partial charge in [-0.25, -0.2) is 0 Å². The van der Waals surface area contributed by atoms with E-state index in [4.69, 9.17) is 4.74 Å². The van der Waals surface area contributed by atoms with Crippen molar-refractivity contribution < 1.29 is 9.53 Å². The van der Waals surface area contributed by atoms with Crippen molar-refractivity contribution in [1.29, 1.82) is 0 Å². The molecule has 7 nitrogen and oxygen atoms in total. The van der Waals surface area contributed by atoms with E-state index in [0.717, 1.165) is 17.7 Å². The second kappa shape index (κ2) is 7.39. The fraction of sp³-hybridized carbons (Fsp3) is 0.476. The molecule has 2 aliphatic heterocycles. The van der Waals surface area contributed by atoms with Crippen molar-refractivity contribution in [1.82, 2.24) is 0 Å². The van der Waals surface area contributed by atoms with Crippen molar-refractivity contribution in [2.75, 3.05) is 41.4 Å². The van der Waals surface area contributed by atoms with Gasteiger partial charge in [0.15, 0.2) is 0 Å². The molecular weight excluding hydrogens is 358 g/mol. The normalized spacial score (nSPS) is 21.2. The third kappa shape index (κ3) is 2.99. The van der Waals surface area contributed by atoms with Gasteiger partial charge in [-0.2, -0.15) is 0 Å². The maximum absolute atomic E-state index is 13.1. The van der Waals surface area contributed by atoms with Gasteiger partial charge in [0, 0.05) is 25.3 Å². The predicted octanol–water partition coefficient (Wildman–Crippen LogP) is 1.49. The fourth-order valence-corrected chi connectivity index (χ4v) is 4.13. The summed E-state index contributed by atoms with van der Waals surface area (Å²) in [6, 6.07) is 7.10. The highest BCUT2D eigenvalue weighted by Crippen LogP contribution is 2.34. The van der Waals surface area contributed by atoms with E-state index in [1.807, 2.05) is 47.9 Å². The molecule has 0 radical (unpaired) electrons. The van der Waals surface area contributed by atoms with Gasteiger partial charge in [-0.05, 0) is 17.5 Å². The molecule has 148 valence electrons. The summed E-state index contributed by atoms with van der Waals surface area (Å²) < 4.78 is 5.38. The highest BCUT2D eigenvalue weighted by molar-refractivity contribution is 6.00. The van der Waals surface area contributed by atoms with E-state index < -0.39 is 16.9 Å². The van der Waals surface area contributed by atoms with Crippen LogP contribution in [-0.4, -0.2) is 38.3 Å². The number of anilines is 3. The maximum Gasteiger partial charge on any atom is 0.253 e. The molecule has 0 saturated carbocycles. The third-order valence-electron chi connectivity index (χ3n) is 5.88. The molecule has 1 amide bonds. The van der Waals surface area contributed by atoms with Crippen LogP contribution in [0.25, 0.3) is 0 Å². The Balaban J connectivity index is 1.81. The minimum Gasteiger partial charge on any atom is -0.378 e. The van der Waals surface area contributed by atoms with Gasteiger partial charge in [-0.1, -0.05) is 38.5 Å². The molecule has 0 bridgehead atoms. The Bertz CT molecular complexity index is 957. The van der Waals surface area contributed by atoms with Crippen molar-refractivity contribution in [2.24, 2.45) is 5.92 Å². The Morgan fingerprint density at radius 2 is 1.79 bits per heavy atom. The number of rotatable bonds is 4. The molecule has 2 aliphatic rings. The summed E-state index contributed by atoms with van der Waals surface area (Å²) in [6.07, 6.45) is 0.785. The summed E-state index contributed by atoms with van der Waals surface area (Å²) in [4.78, 5) is 42.0. The van der Waals surface area contributed by atoms with Gasteiger partial charge < -0.3 is 19.9 Å². The number of para-hydroxylation sites is 1. The van der Waals surface area contributed by atoms with Crippen LogP contribution in [0.1, 0.15) is 25.8 Å². The quantitative estimate of drug-likeness (QED) is 0.806. The number of morpholine rings is 1.